The Hall–Kier alpha value is -1.46. The average Bonchev–Trinajstić information content (AvgIpc) is 2.32. The van der Waals surface area contributed by atoms with Crippen molar-refractivity contribution in [3.63, 3.8) is 0 Å². The molecular weight excluding hydrogens is 322 g/mol. The van der Waals surface area contributed by atoms with Gasteiger partial charge in [0.1, 0.15) is 11.6 Å². The molecular formula is C12H7BrClFN2O. The van der Waals surface area contributed by atoms with Gasteiger partial charge in [-0.15, -0.1) is 0 Å². The van der Waals surface area contributed by atoms with Crippen LogP contribution in [-0.2, 0) is 0 Å². The van der Waals surface area contributed by atoms with Crippen LogP contribution in [0.25, 0.3) is 0 Å². The Labute approximate surface area is 116 Å². The molecule has 0 aliphatic heterocycles. The molecule has 0 atom stereocenters. The van der Waals surface area contributed by atoms with E-state index in [9.17, 15) is 9.18 Å². The highest BCUT2D eigenvalue weighted by Gasteiger charge is 2.12. The number of nitrogens with zero attached hydrogens (tertiary/aromatic N) is 1. The zero-order valence-corrected chi connectivity index (χ0v) is 11.3. The van der Waals surface area contributed by atoms with E-state index in [0.29, 0.717) is 15.3 Å². The number of anilines is 1. The van der Waals surface area contributed by atoms with Gasteiger partial charge in [0, 0.05) is 10.7 Å². The normalized spacial score (nSPS) is 10.2. The van der Waals surface area contributed by atoms with Crippen molar-refractivity contribution in [2.24, 2.45) is 0 Å². The maximum absolute atomic E-state index is 13.5. The third-order valence-electron chi connectivity index (χ3n) is 2.14. The molecule has 0 radical (unpaired) electrons. The van der Waals surface area contributed by atoms with Gasteiger partial charge in [-0.2, -0.15) is 0 Å². The molecule has 18 heavy (non-hydrogen) atoms. The largest absolute Gasteiger partial charge is 0.306 e. The van der Waals surface area contributed by atoms with Gasteiger partial charge in [0.15, 0.2) is 0 Å². The lowest BCUT2D eigenvalue weighted by Crippen LogP contribution is -2.14. The second-order valence-electron chi connectivity index (χ2n) is 3.44. The van der Waals surface area contributed by atoms with Gasteiger partial charge in [-0.3, -0.25) is 4.79 Å². The average molecular weight is 330 g/mol. The van der Waals surface area contributed by atoms with Crippen molar-refractivity contribution >= 4 is 39.3 Å². The maximum Gasteiger partial charge on any atom is 0.259 e. The SMILES string of the molecule is O=C(Nc1ccc(Cl)cn1)c1ccc(Br)cc1F. The molecule has 0 bridgehead atoms. The van der Waals surface area contributed by atoms with Crippen LogP contribution in [0, 0.1) is 5.82 Å². The van der Waals surface area contributed by atoms with Gasteiger partial charge in [0.25, 0.3) is 5.91 Å². The molecule has 0 saturated heterocycles. The van der Waals surface area contributed by atoms with Gasteiger partial charge in [0.2, 0.25) is 0 Å². The standard InChI is InChI=1S/C12H7BrClFN2O/c13-7-1-3-9(10(15)5-7)12(18)17-11-4-2-8(14)6-16-11/h1-6H,(H,16,17,18). The molecule has 0 aliphatic carbocycles. The highest BCUT2D eigenvalue weighted by molar-refractivity contribution is 9.10. The third kappa shape index (κ3) is 3.05. The van der Waals surface area contributed by atoms with Gasteiger partial charge >= 0.3 is 0 Å². The minimum absolute atomic E-state index is 0.0463. The van der Waals surface area contributed by atoms with Gasteiger partial charge in [0.05, 0.1) is 10.6 Å². The van der Waals surface area contributed by atoms with Crippen LogP contribution >= 0.6 is 27.5 Å². The number of hydrogen-bond donors (Lipinski definition) is 1. The van der Waals surface area contributed by atoms with Crippen LogP contribution in [0.1, 0.15) is 10.4 Å². The summed E-state index contributed by atoms with van der Waals surface area (Å²) in [6.07, 6.45) is 1.40. The van der Waals surface area contributed by atoms with E-state index in [4.69, 9.17) is 11.6 Å². The molecule has 1 aromatic heterocycles. The van der Waals surface area contributed by atoms with E-state index in [1.54, 1.807) is 12.1 Å². The number of nitrogens with one attached hydrogen (secondary N) is 1. The molecule has 1 amide bonds. The first-order valence-electron chi connectivity index (χ1n) is 4.94. The third-order valence-corrected chi connectivity index (χ3v) is 2.86. The van der Waals surface area contributed by atoms with Crippen molar-refractivity contribution in [1.82, 2.24) is 4.98 Å². The number of carbonyl (C=O) groups is 1. The first-order chi connectivity index (χ1) is 8.56. The second kappa shape index (κ2) is 5.46. The lowest BCUT2D eigenvalue weighted by atomic mass is 10.2. The fourth-order valence-electron chi connectivity index (χ4n) is 1.31. The lowest BCUT2D eigenvalue weighted by Gasteiger charge is -2.05. The molecule has 1 heterocycles. The monoisotopic (exact) mass is 328 g/mol. The molecule has 2 rings (SSSR count). The molecule has 1 aromatic carbocycles. The second-order valence-corrected chi connectivity index (χ2v) is 4.79. The summed E-state index contributed by atoms with van der Waals surface area (Å²) in [4.78, 5) is 15.7. The van der Waals surface area contributed by atoms with Crippen LogP contribution in [0.5, 0.6) is 0 Å². The Morgan fingerprint density at radius 2 is 2.11 bits per heavy atom. The van der Waals surface area contributed by atoms with Crippen LogP contribution in [0.15, 0.2) is 41.0 Å². The smallest absolute Gasteiger partial charge is 0.259 e. The van der Waals surface area contributed by atoms with Crippen LogP contribution in [0.3, 0.4) is 0 Å². The number of rotatable bonds is 2. The first-order valence-corrected chi connectivity index (χ1v) is 6.11. The summed E-state index contributed by atoms with van der Waals surface area (Å²) in [6, 6.07) is 7.33. The minimum Gasteiger partial charge on any atom is -0.306 e. The number of amides is 1. The predicted octanol–water partition coefficient (Wildman–Crippen LogP) is 3.89. The van der Waals surface area contributed by atoms with Crippen molar-refractivity contribution in [3.05, 3.63) is 57.4 Å². The topological polar surface area (TPSA) is 42.0 Å². The lowest BCUT2D eigenvalue weighted by molar-refractivity contribution is 0.102. The first kappa shape index (κ1) is 13.0. The number of hydrogen-bond acceptors (Lipinski definition) is 2. The molecule has 0 unspecified atom stereocenters. The number of aromatic nitrogens is 1. The Bertz CT molecular complexity index is 589. The fraction of sp³-hybridized carbons (Fsp3) is 0. The van der Waals surface area contributed by atoms with E-state index >= 15 is 0 Å². The van der Waals surface area contributed by atoms with Crippen LogP contribution < -0.4 is 5.32 Å². The summed E-state index contributed by atoms with van der Waals surface area (Å²) in [5.41, 5.74) is -0.0463. The van der Waals surface area contributed by atoms with Crippen LogP contribution in [0.2, 0.25) is 5.02 Å². The summed E-state index contributed by atoms with van der Waals surface area (Å²) in [6.45, 7) is 0. The van der Waals surface area contributed by atoms with E-state index in [-0.39, 0.29) is 5.56 Å². The van der Waals surface area contributed by atoms with Gasteiger partial charge in [-0.05, 0) is 30.3 Å². The zero-order chi connectivity index (χ0) is 13.1. The quantitative estimate of drug-likeness (QED) is 0.908. The minimum atomic E-state index is -0.601. The van der Waals surface area contributed by atoms with Crippen molar-refractivity contribution in [2.45, 2.75) is 0 Å². The van der Waals surface area contributed by atoms with Gasteiger partial charge < -0.3 is 5.32 Å². The van der Waals surface area contributed by atoms with E-state index in [1.807, 2.05) is 0 Å². The molecule has 6 heteroatoms. The van der Waals surface area contributed by atoms with Crippen molar-refractivity contribution in [1.29, 1.82) is 0 Å². The Balaban J connectivity index is 2.19. The summed E-state index contributed by atoms with van der Waals surface area (Å²) in [7, 11) is 0. The van der Waals surface area contributed by atoms with Crippen LogP contribution in [-0.4, -0.2) is 10.9 Å². The highest BCUT2D eigenvalue weighted by atomic mass is 79.9. The van der Waals surface area contributed by atoms with Gasteiger partial charge in [-0.25, -0.2) is 9.37 Å². The summed E-state index contributed by atoms with van der Waals surface area (Å²) in [5.74, 6) is -0.850. The van der Waals surface area contributed by atoms with Crippen LogP contribution in [0.4, 0.5) is 10.2 Å². The maximum atomic E-state index is 13.5. The Morgan fingerprint density at radius 3 is 2.72 bits per heavy atom. The number of carbonyl (C=O) groups excluding carboxylic acids is 1. The molecule has 2 aromatic rings. The molecule has 92 valence electrons. The Kier molecular flexibility index (Phi) is 3.93. The number of halogens is 3. The molecule has 0 aliphatic rings. The molecule has 0 fully saturated rings. The van der Waals surface area contributed by atoms with E-state index < -0.39 is 11.7 Å². The Morgan fingerprint density at radius 1 is 1.33 bits per heavy atom. The number of benzene rings is 1. The number of pyridine rings is 1. The predicted molar refractivity (Wildman–Crippen MR) is 71.3 cm³/mol. The zero-order valence-electron chi connectivity index (χ0n) is 8.95. The molecule has 0 spiro atoms. The molecule has 1 N–H and O–H groups in total. The highest BCUT2D eigenvalue weighted by Crippen LogP contribution is 2.17. The fourth-order valence-corrected chi connectivity index (χ4v) is 1.75. The molecule has 3 nitrogen and oxygen atoms in total. The molecule has 0 saturated carbocycles. The van der Waals surface area contributed by atoms with Crippen molar-refractivity contribution in [3.8, 4) is 0 Å². The van der Waals surface area contributed by atoms with E-state index in [0.717, 1.165) is 0 Å². The van der Waals surface area contributed by atoms with E-state index in [2.05, 4.69) is 26.2 Å². The summed E-state index contributed by atoms with van der Waals surface area (Å²) >= 11 is 8.79. The van der Waals surface area contributed by atoms with Crippen molar-refractivity contribution < 1.29 is 9.18 Å². The summed E-state index contributed by atoms with van der Waals surface area (Å²) in [5, 5.41) is 2.94. The summed E-state index contributed by atoms with van der Waals surface area (Å²) < 4.78 is 14.1. The van der Waals surface area contributed by atoms with Crippen molar-refractivity contribution in [2.75, 3.05) is 5.32 Å². The van der Waals surface area contributed by atoms with Gasteiger partial charge in [-0.1, -0.05) is 27.5 Å². The van der Waals surface area contributed by atoms with E-state index in [1.165, 1.54) is 24.4 Å².